The minimum Gasteiger partial charge on any atom is -0.272 e. The fourth-order valence-corrected chi connectivity index (χ4v) is 2.72. The molecule has 0 aliphatic heterocycles. The van der Waals surface area contributed by atoms with Crippen LogP contribution in [0.4, 0.5) is 52.7 Å². The van der Waals surface area contributed by atoms with Crippen molar-refractivity contribution in [3.8, 4) is 22.8 Å². The fraction of sp³-hybridized carbons (Fsp3) is 0.267. The number of hydrogen-bond donors (Lipinski definition) is 2. The molecule has 3 heterocycles. The lowest BCUT2D eigenvalue weighted by molar-refractivity contribution is -0.163. The summed E-state index contributed by atoms with van der Waals surface area (Å²) in [4.78, 5) is 3.35. The highest BCUT2D eigenvalue weighted by Gasteiger charge is 2.49. The Kier molecular flexibility index (Phi) is 5.21. The van der Waals surface area contributed by atoms with Gasteiger partial charge in [-0.2, -0.15) is 62.9 Å². The molecule has 0 bridgehead atoms. The van der Waals surface area contributed by atoms with Gasteiger partial charge < -0.3 is 0 Å². The van der Waals surface area contributed by atoms with Crippen molar-refractivity contribution < 1.29 is 52.7 Å². The number of alkyl halides is 12. The summed E-state index contributed by atoms with van der Waals surface area (Å²) < 4.78 is 157. The second-order valence-corrected chi connectivity index (χ2v) is 6.04. The Balaban J connectivity index is 2.23. The van der Waals surface area contributed by atoms with Gasteiger partial charge in [0.2, 0.25) is 0 Å². The minimum absolute atomic E-state index is 0.680. The summed E-state index contributed by atoms with van der Waals surface area (Å²) in [6, 6.07) is 2.13. The van der Waals surface area contributed by atoms with Crippen LogP contribution in [0, 0.1) is 0 Å². The summed E-state index contributed by atoms with van der Waals surface area (Å²) in [6.45, 7) is 0. The van der Waals surface area contributed by atoms with Gasteiger partial charge in [-0.15, -0.1) is 0 Å². The molecule has 0 aromatic carbocycles. The van der Waals surface area contributed by atoms with Gasteiger partial charge in [-0.3, -0.25) is 10.2 Å². The molecule has 0 aliphatic carbocycles. The highest BCUT2D eigenvalue weighted by molar-refractivity contribution is 5.68. The summed E-state index contributed by atoms with van der Waals surface area (Å²) >= 11 is 0. The van der Waals surface area contributed by atoms with Crippen molar-refractivity contribution in [3.05, 3.63) is 40.7 Å². The van der Waals surface area contributed by atoms with Crippen molar-refractivity contribution >= 4 is 0 Å². The van der Waals surface area contributed by atoms with E-state index in [1.165, 1.54) is 0 Å². The van der Waals surface area contributed by atoms with E-state index in [9.17, 15) is 52.7 Å². The first kappa shape index (κ1) is 23.4. The van der Waals surface area contributed by atoms with Crippen molar-refractivity contribution in [3.63, 3.8) is 0 Å². The average molecular weight is 483 g/mol. The largest absolute Gasteiger partial charge is 0.433 e. The molecule has 3 aromatic heterocycles. The Morgan fingerprint density at radius 3 is 1.16 bits per heavy atom. The number of hydrogen-bond acceptors (Lipinski definition) is 3. The standard InChI is InChI=1S/C15H5F12N5/c16-12(17,18)6-8(29-31-10(6)14(22,23)24)4-2-1-3-5(28-4)9-7(13(19,20)21)11(32-30-9)15(25,26)27/h1-3H,(H,29,31)(H,30,32). The maximum atomic E-state index is 13.3. The number of rotatable bonds is 2. The SMILES string of the molecule is FC(F)(F)c1[nH]nc(-c2cccc(-c3n[nH]c(C(F)(F)F)c3C(F)(F)F)n2)c1C(F)(F)F. The summed E-state index contributed by atoms with van der Waals surface area (Å²) in [5, 5.41) is 8.13. The van der Waals surface area contributed by atoms with Gasteiger partial charge in [-0.25, -0.2) is 4.98 Å². The van der Waals surface area contributed by atoms with E-state index in [1.54, 1.807) is 0 Å². The normalized spacial score (nSPS) is 13.6. The van der Waals surface area contributed by atoms with Crippen LogP contribution >= 0.6 is 0 Å². The van der Waals surface area contributed by atoms with Gasteiger partial charge in [-0.1, -0.05) is 6.07 Å². The van der Waals surface area contributed by atoms with Gasteiger partial charge in [-0.05, 0) is 12.1 Å². The fourth-order valence-electron chi connectivity index (χ4n) is 2.72. The number of aromatic nitrogens is 5. The molecule has 17 heteroatoms. The molecule has 174 valence electrons. The second kappa shape index (κ2) is 7.13. The third kappa shape index (κ3) is 4.22. The molecule has 0 aliphatic rings. The van der Waals surface area contributed by atoms with Crippen molar-refractivity contribution in [1.82, 2.24) is 25.4 Å². The van der Waals surface area contributed by atoms with Crippen molar-refractivity contribution in [1.29, 1.82) is 0 Å². The van der Waals surface area contributed by atoms with Crippen LogP contribution in [0.3, 0.4) is 0 Å². The third-order valence-corrected chi connectivity index (χ3v) is 3.90. The molecule has 0 unspecified atom stereocenters. The Hall–Kier alpha value is -3.27. The molecule has 5 nitrogen and oxygen atoms in total. The molecule has 32 heavy (non-hydrogen) atoms. The predicted octanol–water partition coefficient (Wildman–Crippen LogP) is 5.94. The number of nitrogens with zero attached hydrogens (tertiary/aromatic N) is 3. The summed E-state index contributed by atoms with van der Waals surface area (Å²) in [5.74, 6) is 0. The van der Waals surface area contributed by atoms with Crippen molar-refractivity contribution in [2.45, 2.75) is 24.7 Å². The molecule has 3 rings (SSSR count). The van der Waals surface area contributed by atoms with Gasteiger partial charge in [0.05, 0.1) is 11.4 Å². The first-order valence-corrected chi connectivity index (χ1v) is 7.85. The van der Waals surface area contributed by atoms with Crippen molar-refractivity contribution in [2.75, 3.05) is 0 Å². The number of pyridine rings is 1. The molecule has 0 spiro atoms. The maximum Gasteiger partial charge on any atom is 0.433 e. The molecule has 0 fully saturated rings. The molecule has 0 amide bonds. The zero-order valence-corrected chi connectivity index (χ0v) is 14.6. The quantitative estimate of drug-likeness (QED) is 0.444. The smallest absolute Gasteiger partial charge is 0.272 e. The van der Waals surface area contributed by atoms with Gasteiger partial charge in [0.25, 0.3) is 0 Å². The Bertz CT molecular complexity index is 1040. The van der Waals surface area contributed by atoms with Gasteiger partial charge in [0, 0.05) is 0 Å². The van der Waals surface area contributed by atoms with Crippen LogP contribution in [-0.4, -0.2) is 25.4 Å². The van der Waals surface area contributed by atoms with Crippen LogP contribution in [0.1, 0.15) is 22.5 Å². The van der Waals surface area contributed by atoms with E-state index in [1.807, 2.05) is 0 Å². The summed E-state index contributed by atoms with van der Waals surface area (Å²) in [7, 11) is 0. The predicted molar refractivity (Wildman–Crippen MR) is 79.4 cm³/mol. The average Bonchev–Trinajstić information content (AvgIpc) is 3.25. The van der Waals surface area contributed by atoms with Crippen LogP contribution in [-0.2, 0) is 24.7 Å². The topological polar surface area (TPSA) is 70.2 Å². The Morgan fingerprint density at radius 1 is 0.531 bits per heavy atom. The lowest BCUT2D eigenvalue weighted by atomic mass is 10.1. The number of halogens is 12. The number of nitrogens with one attached hydrogen (secondary N) is 2. The van der Waals surface area contributed by atoms with Gasteiger partial charge >= 0.3 is 24.7 Å². The van der Waals surface area contributed by atoms with E-state index >= 15 is 0 Å². The van der Waals surface area contributed by atoms with Crippen LogP contribution in [0.15, 0.2) is 18.2 Å². The lowest BCUT2D eigenvalue weighted by Crippen LogP contribution is -2.16. The first-order chi connectivity index (χ1) is 14.4. The molecular weight excluding hydrogens is 478 g/mol. The highest BCUT2D eigenvalue weighted by atomic mass is 19.4. The van der Waals surface area contributed by atoms with E-state index in [4.69, 9.17) is 0 Å². The second-order valence-electron chi connectivity index (χ2n) is 6.04. The highest BCUT2D eigenvalue weighted by Crippen LogP contribution is 2.45. The first-order valence-electron chi connectivity index (χ1n) is 7.85. The number of aromatic amines is 2. The van der Waals surface area contributed by atoms with E-state index in [2.05, 4.69) is 15.2 Å². The molecular formula is C15H5F12N5. The molecule has 0 saturated heterocycles. The van der Waals surface area contributed by atoms with E-state index < -0.39 is 70.0 Å². The molecule has 2 N–H and O–H groups in total. The Morgan fingerprint density at radius 2 is 0.875 bits per heavy atom. The maximum absolute atomic E-state index is 13.3. The van der Waals surface area contributed by atoms with Crippen LogP contribution in [0.2, 0.25) is 0 Å². The minimum atomic E-state index is -5.61. The third-order valence-electron chi connectivity index (χ3n) is 3.90. The number of H-pyrrole nitrogens is 2. The summed E-state index contributed by atoms with van der Waals surface area (Å²) in [5.41, 5.74) is -14.0. The molecule has 0 radical (unpaired) electrons. The van der Waals surface area contributed by atoms with E-state index in [0.717, 1.165) is 16.3 Å². The van der Waals surface area contributed by atoms with Crippen LogP contribution in [0.5, 0.6) is 0 Å². The van der Waals surface area contributed by atoms with E-state index in [0.29, 0.717) is 12.1 Å². The van der Waals surface area contributed by atoms with Gasteiger partial charge in [0.15, 0.2) is 11.4 Å². The van der Waals surface area contributed by atoms with Gasteiger partial charge in [0.1, 0.15) is 22.5 Å². The van der Waals surface area contributed by atoms with Crippen LogP contribution < -0.4 is 0 Å². The van der Waals surface area contributed by atoms with Crippen LogP contribution in [0.25, 0.3) is 22.8 Å². The zero-order chi connectivity index (χ0) is 24.3. The molecule has 0 atom stereocenters. The molecule has 3 aromatic rings. The van der Waals surface area contributed by atoms with E-state index in [-0.39, 0.29) is 0 Å². The zero-order valence-electron chi connectivity index (χ0n) is 14.6. The lowest BCUT2D eigenvalue weighted by Gasteiger charge is -2.13. The summed E-state index contributed by atoms with van der Waals surface area (Å²) in [6.07, 6.45) is -22.3. The van der Waals surface area contributed by atoms with Crippen molar-refractivity contribution in [2.24, 2.45) is 0 Å². The monoisotopic (exact) mass is 483 g/mol. The molecule has 0 saturated carbocycles. The Labute approximate surface area is 167 Å².